The predicted octanol–water partition coefficient (Wildman–Crippen LogP) is 1.10. The van der Waals surface area contributed by atoms with Gasteiger partial charge in [0.05, 0.1) is 17.3 Å². The van der Waals surface area contributed by atoms with Crippen molar-refractivity contribution in [3.63, 3.8) is 0 Å². The van der Waals surface area contributed by atoms with E-state index in [-0.39, 0.29) is 34.9 Å². The molecular formula is C16H18O7S2. The van der Waals surface area contributed by atoms with Crippen LogP contribution >= 0.6 is 11.8 Å². The summed E-state index contributed by atoms with van der Waals surface area (Å²) in [6.45, 7) is 0.535. The highest BCUT2D eigenvalue weighted by Crippen LogP contribution is 2.31. The first kappa shape index (κ1) is 18.1. The molecule has 1 aromatic rings. The normalized spacial score (nSPS) is 20.9. The van der Waals surface area contributed by atoms with E-state index >= 15 is 0 Å². The van der Waals surface area contributed by atoms with Crippen LogP contribution < -0.4 is 9.47 Å². The molecule has 1 fully saturated rings. The fraction of sp³-hybridized carbons (Fsp3) is 0.500. The van der Waals surface area contributed by atoms with Crippen LogP contribution in [-0.2, 0) is 19.4 Å². The zero-order valence-electron chi connectivity index (χ0n) is 13.4. The van der Waals surface area contributed by atoms with Gasteiger partial charge in [-0.05, 0) is 24.6 Å². The van der Waals surface area contributed by atoms with E-state index in [4.69, 9.17) is 14.2 Å². The van der Waals surface area contributed by atoms with Crippen molar-refractivity contribution in [3.05, 3.63) is 23.8 Å². The lowest BCUT2D eigenvalue weighted by atomic mass is 10.1. The Bertz CT molecular complexity index is 773. The topological polar surface area (TPSA) is 96.0 Å². The molecule has 7 nitrogen and oxygen atoms in total. The van der Waals surface area contributed by atoms with E-state index in [1.165, 1.54) is 11.8 Å². The zero-order valence-corrected chi connectivity index (χ0v) is 15.1. The third-order valence-corrected chi connectivity index (χ3v) is 7.11. The van der Waals surface area contributed by atoms with Gasteiger partial charge in [-0.3, -0.25) is 9.59 Å². The van der Waals surface area contributed by atoms with E-state index < -0.39 is 15.8 Å². The van der Waals surface area contributed by atoms with Crippen molar-refractivity contribution in [1.82, 2.24) is 0 Å². The summed E-state index contributed by atoms with van der Waals surface area (Å²) in [6.07, 6.45) is 0.552. The average Bonchev–Trinajstić information content (AvgIpc) is 2.96. The van der Waals surface area contributed by atoms with Crippen LogP contribution in [0.1, 0.15) is 16.8 Å². The van der Waals surface area contributed by atoms with Crippen LogP contribution in [0.2, 0.25) is 0 Å². The average molecular weight is 386 g/mol. The number of sulfone groups is 1. The van der Waals surface area contributed by atoms with Gasteiger partial charge in [0, 0.05) is 10.8 Å². The molecule has 0 aromatic heterocycles. The molecule has 2 heterocycles. The molecule has 0 bridgehead atoms. The minimum absolute atomic E-state index is 0.0363. The summed E-state index contributed by atoms with van der Waals surface area (Å²) in [5, 5.41) is -0.0777. The summed E-state index contributed by atoms with van der Waals surface area (Å²) < 4.78 is 38.5. The second-order valence-corrected chi connectivity index (χ2v) is 9.30. The van der Waals surface area contributed by atoms with Crippen molar-refractivity contribution in [2.75, 3.05) is 37.1 Å². The Morgan fingerprint density at radius 2 is 1.96 bits per heavy atom. The van der Waals surface area contributed by atoms with Gasteiger partial charge in [0.25, 0.3) is 0 Å². The Kier molecular flexibility index (Phi) is 5.53. The van der Waals surface area contributed by atoms with Crippen LogP contribution in [0.5, 0.6) is 11.5 Å². The molecule has 0 radical (unpaired) electrons. The van der Waals surface area contributed by atoms with Gasteiger partial charge < -0.3 is 14.2 Å². The monoisotopic (exact) mass is 386 g/mol. The van der Waals surface area contributed by atoms with Crippen molar-refractivity contribution in [1.29, 1.82) is 0 Å². The summed E-state index contributed by atoms with van der Waals surface area (Å²) in [4.78, 5) is 23.9. The van der Waals surface area contributed by atoms with Crippen molar-refractivity contribution in [3.8, 4) is 11.5 Å². The molecule has 0 aliphatic carbocycles. The number of ketones is 1. The Morgan fingerprint density at radius 3 is 2.68 bits per heavy atom. The minimum atomic E-state index is -2.96. The number of benzene rings is 1. The predicted molar refractivity (Wildman–Crippen MR) is 92.2 cm³/mol. The maximum Gasteiger partial charge on any atom is 0.316 e. The molecule has 1 atom stereocenters. The SMILES string of the molecule is O=C(CS[C@@H]1CCS(=O)(=O)C1)OCC(=O)c1ccc2c(c1)OCCO2. The van der Waals surface area contributed by atoms with Gasteiger partial charge in [0.2, 0.25) is 0 Å². The zero-order chi connectivity index (χ0) is 17.9. The molecule has 0 saturated carbocycles. The maximum atomic E-state index is 12.1. The number of Topliss-reactive ketones (excluding diaryl/α,β-unsaturated/α-hetero) is 1. The molecule has 0 spiro atoms. The molecule has 0 N–H and O–H groups in total. The number of fused-ring (bicyclic) bond motifs is 1. The van der Waals surface area contributed by atoms with Crippen LogP contribution in [-0.4, -0.2) is 62.5 Å². The summed E-state index contributed by atoms with van der Waals surface area (Å²) in [5.74, 6) is 0.529. The number of carbonyl (C=O) groups excluding carboxylic acids is 2. The molecule has 25 heavy (non-hydrogen) atoms. The van der Waals surface area contributed by atoms with Gasteiger partial charge in [-0.15, -0.1) is 11.8 Å². The van der Waals surface area contributed by atoms with Crippen LogP contribution in [0.25, 0.3) is 0 Å². The molecule has 3 rings (SSSR count). The number of carbonyl (C=O) groups is 2. The fourth-order valence-electron chi connectivity index (χ4n) is 2.57. The first-order valence-electron chi connectivity index (χ1n) is 7.83. The van der Waals surface area contributed by atoms with Crippen molar-refractivity contribution < 1.29 is 32.2 Å². The summed E-state index contributed by atoms with van der Waals surface area (Å²) in [7, 11) is -2.96. The summed E-state index contributed by atoms with van der Waals surface area (Å²) in [6, 6.07) is 4.82. The van der Waals surface area contributed by atoms with Crippen LogP contribution in [0.3, 0.4) is 0 Å². The molecule has 0 unspecified atom stereocenters. The molecule has 1 aromatic carbocycles. The van der Waals surface area contributed by atoms with Crippen molar-refractivity contribution in [2.45, 2.75) is 11.7 Å². The highest BCUT2D eigenvalue weighted by molar-refractivity contribution is 8.02. The molecule has 0 amide bonds. The quantitative estimate of drug-likeness (QED) is 0.530. The largest absolute Gasteiger partial charge is 0.486 e. The van der Waals surface area contributed by atoms with E-state index in [1.807, 2.05) is 0 Å². The number of thioether (sulfide) groups is 1. The molecule has 1 saturated heterocycles. The lowest BCUT2D eigenvalue weighted by molar-refractivity contribution is -0.139. The van der Waals surface area contributed by atoms with E-state index in [1.54, 1.807) is 18.2 Å². The van der Waals surface area contributed by atoms with E-state index in [9.17, 15) is 18.0 Å². The number of ether oxygens (including phenoxy) is 3. The number of rotatable bonds is 6. The van der Waals surface area contributed by atoms with Gasteiger partial charge in [-0.1, -0.05) is 0 Å². The van der Waals surface area contributed by atoms with Gasteiger partial charge in [0.1, 0.15) is 13.2 Å². The molecule has 2 aliphatic heterocycles. The van der Waals surface area contributed by atoms with Gasteiger partial charge in [-0.2, -0.15) is 0 Å². The lowest BCUT2D eigenvalue weighted by Gasteiger charge is -2.18. The smallest absolute Gasteiger partial charge is 0.316 e. The van der Waals surface area contributed by atoms with Gasteiger partial charge in [-0.25, -0.2) is 8.42 Å². The minimum Gasteiger partial charge on any atom is -0.486 e. The van der Waals surface area contributed by atoms with Crippen LogP contribution in [0.4, 0.5) is 0 Å². The molecule has 9 heteroatoms. The molecule has 2 aliphatic rings. The lowest BCUT2D eigenvalue weighted by Crippen LogP contribution is -2.18. The molecule has 136 valence electrons. The van der Waals surface area contributed by atoms with Crippen molar-refractivity contribution in [2.24, 2.45) is 0 Å². The first-order valence-corrected chi connectivity index (χ1v) is 10.7. The van der Waals surface area contributed by atoms with Crippen LogP contribution in [0, 0.1) is 0 Å². The Balaban J connectivity index is 1.45. The number of hydrogen-bond acceptors (Lipinski definition) is 8. The highest BCUT2D eigenvalue weighted by Gasteiger charge is 2.28. The summed E-state index contributed by atoms with van der Waals surface area (Å²) >= 11 is 1.26. The number of esters is 1. The maximum absolute atomic E-state index is 12.1. The first-order chi connectivity index (χ1) is 11.9. The highest BCUT2D eigenvalue weighted by atomic mass is 32.2. The Morgan fingerprint density at radius 1 is 1.20 bits per heavy atom. The van der Waals surface area contributed by atoms with Crippen molar-refractivity contribution >= 4 is 33.4 Å². The van der Waals surface area contributed by atoms with Gasteiger partial charge >= 0.3 is 5.97 Å². The standard InChI is InChI=1S/C16H18O7S2/c17-13(11-1-2-14-15(7-11)22-5-4-21-14)8-23-16(18)9-24-12-3-6-25(19,20)10-12/h1-2,7,12H,3-6,8-10H2/t12-/m1/s1. The third kappa shape index (κ3) is 4.88. The Labute approximate surface area is 149 Å². The second-order valence-electron chi connectivity index (χ2n) is 5.78. The fourth-order valence-corrected chi connectivity index (χ4v) is 6.01. The van der Waals surface area contributed by atoms with E-state index in [0.29, 0.717) is 36.7 Å². The van der Waals surface area contributed by atoms with E-state index in [0.717, 1.165) is 0 Å². The van der Waals surface area contributed by atoms with E-state index in [2.05, 4.69) is 0 Å². The molecular weight excluding hydrogens is 368 g/mol. The number of hydrogen-bond donors (Lipinski definition) is 0. The van der Waals surface area contributed by atoms with Crippen LogP contribution in [0.15, 0.2) is 18.2 Å². The van der Waals surface area contributed by atoms with Gasteiger partial charge in [0.15, 0.2) is 33.7 Å². The summed E-state index contributed by atoms with van der Waals surface area (Å²) in [5.41, 5.74) is 0.381. The second kappa shape index (κ2) is 7.65. The Hall–Kier alpha value is -1.74. The third-order valence-electron chi connectivity index (χ3n) is 3.86.